The normalized spacial score (nSPS) is 17.8. The van der Waals surface area contributed by atoms with Crippen molar-refractivity contribution in [1.82, 2.24) is 14.3 Å². The predicted molar refractivity (Wildman–Crippen MR) is 142 cm³/mol. The molecule has 1 aromatic carbocycles. The summed E-state index contributed by atoms with van der Waals surface area (Å²) in [6.07, 6.45) is 4.09. The number of pyridine rings is 1. The summed E-state index contributed by atoms with van der Waals surface area (Å²) in [5, 5.41) is 0. The van der Waals surface area contributed by atoms with Crippen LogP contribution in [0.5, 0.6) is 0 Å². The van der Waals surface area contributed by atoms with Crippen molar-refractivity contribution in [2.45, 2.75) is 13.3 Å². The number of anilines is 2. The molecule has 7 nitrogen and oxygen atoms in total. The molecular formula is C25H24FN5O2S2. The minimum atomic E-state index is -0.252. The monoisotopic (exact) mass is 509 g/mol. The lowest BCUT2D eigenvalue weighted by atomic mass is 10.2. The average Bonchev–Trinajstić information content (AvgIpc) is 3.14. The summed E-state index contributed by atoms with van der Waals surface area (Å²) in [6, 6.07) is 12.1. The standard InChI is InChI=1S/C25H24FN5O2S2/c1-2-10-31-24(33)20(35-25(31)34)16-17-22(27-21-9-5-6-11-30(21)23(17)32)29-14-12-28(13-15-29)19-8-4-3-7-18(19)26/h3-9,11,16H,2,10,12-15H2,1H3. The number of halogens is 1. The number of nitrogens with zero attached hydrogens (tertiary/aromatic N) is 5. The number of carbonyl (C=O) groups is 1. The predicted octanol–water partition coefficient (Wildman–Crippen LogP) is 3.77. The summed E-state index contributed by atoms with van der Waals surface area (Å²) in [7, 11) is 0. The molecule has 0 unspecified atom stereocenters. The Hall–Kier alpha value is -3.24. The number of thiocarbonyl (C=S) groups is 1. The number of fused-ring (bicyclic) bond motifs is 1. The van der Waals surface area contributed by atoms with Gasteiger partial charge in [0.25, 0.3) is 11.5 Å². The SMILES string of the molecule is CCCN1C(=O)C(=Cc2c(N3CCN(c4ccccc4F)CC3)nc3ccccn3c2=O)SC1=S. The largest absolute Gasteiger partial charge is 0.366 e. The van der Waals surface area contributed by atoms with Crippen LogP contribution < -0.4 is 15.4 Å². The molecular weight excluding hydrogens is 485 g/mol. The molecule has 0 radical (unpaired) electrons. The number of thioether (sulfide) groups is 1. The van der Waals surface area contributed by atoms with Crippen molar-refractivity contribution >= 4 is 57.4 Å². The molecule has 2 aromatic heterocycles. The molecule has 2 saturated heterocycles. The van der Waals surface area contributed by atoms with E-state index in [-0.39, 0.29) is 17.3 Å². The zero-order valence-corrected chi connectivity index (χ0v) is 20.8. The van der Waals surface area contributed by atoms with Crippen LogP contribution >= 0.6 is 24.0 Å². The first-order chi connectivity index (χ1) is 17.0. The van der Waals surface area contributed by atoms with E-state index in [1.807, 2.05) is 28.9 Å². The minimum absolute atomic E-state index is 0.185. The van der Waals surface area contributed by atoms with Crippen LogP contribution in [-0.2, 0) is 4.79 Å². The second-order valence-corrected chi connectivity index (χ2v) is 10.0. The lowest BCUT2D eigenvalue weighted by molar-refractivity contribution is -0.122. The fourth-order valence-corrected chi connectivity index (χ4v) is 5.66. The second kappa shape index (κ2) is 9.79. The van der Waals surface area contributed by atoms with Gasteiger partial charge in [-0.3, -0.25) is 18.9 Å². The molecule has 35 heavy (non-hydrogen) atoms. The van der Waals surface area contributed by atoms with E-state index in [0.717, 1.165) is 6.42 Å². The van der Waals surface area contributed by atoms with Crippen molar-refractivity contribution in [2.24, 2.45) is 0 Å². The molecule has 0 atom stereocenters. The quantitative estimate of drug-likeness (QED) is 0.383. The molecule has 2 fully saturated rings. The fraction of sp³-hybridized carbons (Fsp3) is 0.280. The summed E-state index contributed by atoms with van der Waals surface area (Å²) in [5.74, 6) is 0.0858. The van der Waals surface area contributed by atoms with E-state index in [9.17, 15) is 14.0 Å². The summed E-state index contributed by atoms with van der Waals surface area (Å²) < 4.78 is 16.3. The fourth-order valence-electron chi connectivity index (χ4n) is 4.37. The van der Waals surface area contributed by atoms with E-state index in [1.54, 1.807) is 41.4 Å². The van der Waals surface area contributed by atoms with Gasteiger partial charge in [-0.05, 0) is 36.8 Å². The van der Waals surface area contributed by atoms with E-state index in [2.05, 4.69) is 0 Å². The maximum Gasteiger partial charge on any atom is 0.267 e. The van der Waals surface area contributed by atoms with E-state index in [4.69, 9.17) is 17.2 Å². The molecule has 2 aliphatic rings. The lowest BCUT2D eigenvalue weighted by Crippen LogP contribution is -2.47. The van der Waals surface area contributed by atoms with Gasteiger partial charge in [-0.25, -0.2) is 9.37 Å². The summed E-state index contributed by atoms with van der Waals surface area (Å²) in [6.45, 7) is 4.80. The van der Waals surface area contributed by atoms with Crippen LogP contribution in [0.25, 0.3) is 11.7 Å². The maximum atomic E-state index is 14.3. The van der Waals surface area contributed by atoms with Crippen molar-refractivity contribution in [3.8, 4) is 0 Å². The Labute approximate surface area is 211 Å². The van der Waals surface area contributed by atoms with Crippen LogP contribution in [-0.4, -0.2) is 57.2 Å². The number of hydrogen-bond acceptors (Lipinski definition) is 7. The average molecular weight is 510 g/mol. The lowest BCUT2D eigenvalue weighted by Gasteiger charge is -2.37. The van der Waals surface area contributed by atoms with Gasteiger partial charge in [0.1, 0.15) is 21.6 Å². The van der Waals surface area contributed by atoms with Crippen LogP contribution in [0, 0.1) is 5.82 Å². The summed E-state index contributed by atoms with van der Waals surface area (Å²) in [4.78, 5) is 37.3. The zero-order chi connectivity index (χ0) is 24.5. The summed E-state index contributed by atoms with van der Waals surface area (Å²) in [5.41, 5.74) is 1.20. The number of piperazine rings is 1. The van der Waals surface area contributed by atoms with Gasteiger partial charge in [-0.2, -0.15) is 0 Å². The molecule has 4 heterocycles. The molecule has 3 aromatic rings. The highest BCUT2D eigenvalue weighted by atomic mass is 32.2. The summed E-state index contributed by atoms with van der Waals surface area (Å²) >= 11 is 6.61. The third-order valence-corrected chi connectivity index (χ3v) is 7.50. The molecule has 0 N–H and O–H groups in total. The van der Waals surface area contributed by atoms with Gasteiger partial charge in [0.05, 0.1) is 16.2 Å². The van der Waals surface area contributed by atoms with E-state index >= 15 is 0 Å². The minimum Gasteiger partial charge on any atom is -0.366 e. The van der Waals surface area contributed by atoms with Crippen molar-refractivity contribution < 1.29 is 9.18 Å². The third kappa shape index (κ3) is 4.43. The van der Waals surface area contributed by atoms with Crippen molar-refractivity contribution in [3.05, 3.63) is 75.3 Å². The first-order valence-corrected chi connectivity index (χ1v) is 12.7. The topological polar surface area (TPSA) is 61.2 Å². The highest BCUT2D eigenvalue weighted by molar-refractivity contribution is 8.26. The van der Waals surface area contributed by atoms with Crippen molar-refractivity contribution in [1.29, 1.82) is 0 Å². The molecule has 0 aliphatic carbocycles. The Balaban J connectivity index is 1.52. The van der Waals surface area contributed by atoms with E-state index < -0.39 is 0 Å². The Morgan fingerprint density at radius 3 is 2.51 bits per heavy atom. The van der Waals surface area contributed by atoms with Gasteiger partial charge in [-0.15, -0.1) is 0 Å². The maximum absolute atomic E-state index is 14.3. The van der Waals surface area contributed by atoms with Gasteiger partial charge in [0, 0.05) is 38.9 Å². The number of benzene rings is 1. The van der Waals surface area contributed by atoms with Gasteiger partial charge in [0.2, 0.25) is 0 Å². The highest BCUT2D eigenvalue weighted by Gasteiger charge is 2.32. The molecule has 1 amide bonds. The number of aromatic nitrogens is 2. The number of para-hydroxylation sites is 1. The molecule has 0 spiro atoms. The van der Waals surface area contributed by atoms with Gasteiger partial charge in [-0.1, -0.05) is 49.1 Å². The van der Waals surface area contributed by atoms with E-state index in [0.29, 0.717) is 64.7 Å². The zero-order valence-electron chi connectivity index (χ0n) is 19.2. The molecule has 2 aliphatic heterocycles. The van der Waals surface area contributed by atoms with Gasteiger partial charge >= 0.3 is 0 Å². The second-order valence-electron chi connectivity index (χ2n) is 8.34. The van der Waals surface area contributed by atoms with Crippen molar-refractivity contribution in [2.75, 3.05) is 42.5 Å². The number of amides is 1. The molecule has 0 saturated carbocycles. The first kappa shape index (κ1) is 23.5. The first-order valence-electron chi connectivity index (χ1n) is 11.5. The highest BCUT2D eigenvalue weighted by Crippen LogP contribution is 2.34. The Kier molecular flexibility index (Phi) is 6.57. The Morgan fingerprint density at radius 1 is 1.06 bits per heavy atom. The number of hydrogen-bond donors (Lipinski definition) is 0. The molecule has 5 rings (SSSR count). The van der Waals surface area contributed by atoms with Gasteiger partial charge < -0.3 is 9.80 Å². The molecule has 180 valence electrons. The number of carbonyl (C=O) groups excluding carboxylic acids is 1. The molecule has 10 heteroatoms. The molecule has 0 bridgehead atoms. The van der Waals surface area contributed by atoms with Crippen LogP contribution in [0.2, 0.25) is 0 Å². The van der Waals surface area contributed by atoms with Crippen LogP contribution in [0.4, 0.5) is 15.9 Å². The Morgan fingerprint density at radius 2 is 1.77 bits per heavy atom. The van der Waals surface area contributed by atoms with Crippen LogP contribution in [0.3, 0.4) is 0 Å². The van der Waals surface area contributed by atoms with E-state index in [1.165, 1.54) is 22.2 Å². The Bertz CT molecular complexity index is 1400. The van der Waals surface area contributed by atoms with Crippen LogP contribution in [0.1, 0.15) is 18.9 Å². The third-order valence-electron chi connectivity index (χ3n) is 6.12. The van der Waals surface area contributed by atoms with Crippen molar-refractivity contribution in [3.63, 3.8) is 0 Å². The number of rotatable bonds is 5. The van der Waals surface area contributed by atoms with Gasteiger partial charge in [0.15, 0.2) is 0 Å². The smallest absolute Gasteiger partial charge is 0.267 e. The van der Waals surface area contributed by atoms with Crippen LogP contribution in [0.15, 0.2) is 58.4 Å².